The Labute approximate surface area is 124 Å². The molecular weight excluding hydrogens is 325 g/mol. The largest absolute Gasteiger partial charge is 0.322 e. The van der Waals surface area contributed by atoms with Crippen molar-refractivity contribution >= 4 is 33.2 Å². The molecule has 4 N–H and O–H groups in total. The van der Waals surface area contributed by atoms with Crippen LogP contribution in [0.2, 0.25) is 0 Å². The third-order valence-corrected chi connectivity index (χ3v) is 3.16. The zero-order valence-electron chi connectivity index (χ0n) is 10.7. The van der Waals surface area contributed by atoms with Gasteiger partial charge in [-0.1, -0.05) is 22.0 Å². The van der Waals surface area contributed by atoms with Gasteiger partial charge in [-0.2, -0.15) is 0 Å². The number of hydrogen-bond acceptors (Lipinski definition) is 3. The van der Waals surface area contributed by atoms with Gasteiger partial charge < -0.3 is 10.7 Å². The first kappa shape index (κ1) is 14.5. The Hall–Kier alpha value is -1.92. The third-order valence-electron chi connectivity index (χ3n) is 2.70. The lowest BCUT2D eigenvalue weighted by molar-refractivity contribution is 0.102. The number of anilines is 2. The number of nitrogen functional groups attached to an aromatic ring is 1. The van der Waals surface area contributed by atoms with E-state index in [9.17, 15) is 9.18 Å². The number of rotatable bonds is 3. The van der Waals surface area contributed by atoms with Gasteiger partial charge in [-0.3, -0.25) is 10.6 Å². The summed E-state index contributed by atoms with van der Waals surface area (Å²) in [6, 6.07) is 9.69. The molecule has 0 heterocycles. The summed E-state index contributed by atoms with van der Waals surface area (Å²) in [5, 5.41) is 2.71. The fourth-order valence-corrected chi connectivity index (χ4v) is 2.47. The second-order valence-corrected chi connectivity index (χ2v) is 5.19. The van der Waals surface area contributed by atoms with Crippen LogP contribution >= 0.6 is 15.9 Å². The van der Waals surface area contributed by atoms with E-state index in [2.05, 4.69) is 26.7 Å². The Morgan fingerprint density at radius 1 is 1.30 bits per heavy atom. The maximum Gasteiger partial charge on any atom is 0.257 e. The number of para-hydroxylation sites is 1. The van der Waals surface area contributed by atoms with Gasteiger partial charge in [-0.25, -0.2) is 4.39 Å². The van der Waals surface area contributed by atoms with Crippen molar-refractivity contribution in [2.45, 2.75) is 6.92 Å². The number of carbonyl (C=O) groups excluding carboxylic acids is 1. The second kappa shape index (κ2) is 6.02. The lowest BCUT2D eigenvalue weighted by Gasteiger charge is -2.11. The summed E-state index contributed by atoms with van der Waals surface area (Å²) in [6.45, 7) is 1.91. The minimum Gasteiger partial charge on any atom is -0.322 e. The molecule has 0 aliphatic rings. The molecule has 1 amide bonds. The molecule has 4 nitrogen and oxygen atoms in total. The smallest absolute Gasteiger partial charge is 0.257 e. The number of aryl methyl sites for hydroxylation is 1. The van der Waals surface area contributed by atoms with Gasteiger partial charge in [-0.05, 0) is 42.8 Å². The van der Waals surface area contributed by atoms with Gasteiger partial charge in [0.1, 0.15) is 5.82 Å². The summed E-state index contributed by atoms with van der Waals surface area (Å²) < 4.78 is 14.4. The normalized spacial score (nSPS) is 10.2. The summed E-state index contributed by atoms with van der Waals surface area (Å²) >= 11 is 3.36. The maximum absolute atomic E-state index is 13.5. The van der Waals surface area contributed by atoms with E-state index in [4.69, 9.17) is 5.84 Å². The standard InChI is InChI=1S/C14H13BrFN3O/c1-8-5-9(15)7-10(6-8)18-14(20)11-3-2-4-12(16)13(11)19-17/h2-7,19H,17H2,1H3,(H,18,20). The molecule has 0 fully saturated rings. The van der Waals surface area contributed by atoms with E-state index in [0.29, 0.717) is 5.69 Å². The SMILES string of the molecule is Cc1cc(Br)cc(NC(=O)c2cccc(F)c2NN)c1. The molecule has 0 aliphatic heterocycles. The van der Waals surface area contributed by atoms with Crippen LogP contribution in [-0.2, 0) is 0 Å². The maximum atomic E-state index is 13.5. The van der Waals surface area contributed by atoms with Gasteiger partial charge in [0.25, 0.3) is 5.91 Å². The summed E-state index contributed by atoms with van der Waals surface area (Å²) in [5.74, 6) is 4.24. The van der Waals surface area contributed by atoms with Crippen molar-refractivity contribution in [2.75, 3.05) is 10.7 Å². The molecule has 0 atom stereocenters. The fraction of sp³-hybridized carbons (Fsp3) is 0.0714. The van der Waals surface area contributed by atoms with Gasteiger partial charge in [0, 0.05) is 10.2 Å². The highest BCUT2D eigenvalue weighted by molar-refractivity contribution is 9.10. The van der Waals surface area contributed by atoms with Crippen molar-refractivity contribution < 1.29 is 9.18 Å². The molecular formula is C14H13BrFN3O. The van der Waals surface area contributed by atoms with Gasteiger partial charge >= 0.3 is 0 Å². The Kier molecular flexibility index (Phi) is 4.36. The zero-order chi connectivity index (χ0) is 14.7. The number of hydrazine groups is 1. The van der Waals surface area contributed by atoms with Crippen LogP contribution in [0, 0.1) is 12.7 Å². The minimum atomic E-state index is -0.578. The number of amides is 1. The number of nitrogens with one attached hydrogen (secondary N) is 2. The van der Waals surface area contributed by atoms with E-state index in [1.54, 1.807) is 6.07 Å². The predicted molar refractivity (Wildman–Crippen MR) is 81.0 cm³/mol. The quantitative estimate of drug-likeness (QED) is 0.593. The minimum absolute atomic E-state index is 0.0308. The van der Waals surface area contributed by atoms with Crippen LogP contribution in [0.15, 0.2) is 40.9 Å². The number of hydrogen-bond donors (Lipinski definition) is 3. The third kappa shape index (κ3) is 3.15. The molecule has 0 aliphatic carbocycles. The molecule has 104 valence electrons. The molecule has 0 aromatic heterocycles. The monoisotopic (exact) mass is 337 g/mol. The number of nitrogens with two attached hydrogens (primary N) is 1. The first-order valence-corrected chi connectivity index (χ1v) is 6.64. The van der Waals surface area contributed by atoms with Gasteiger partial charge in [0.05, 0.1) is 11.3 Å². The molecule has 0 unspecified atom stereocenters. The van der Waals surface area contributed by atoms with E-state index in [1.165, 1.54) is 18.2 Å². The molecule has 2 rings (SSSR count). The van der Waals surface area contributed by atoms with Gasteiger partial charge in [0.2, 0.25) is 0 Å². The zero-order valence-corrected chi connectivity index (χ0v) is 12.3. The molecule has 20 heavy (non-hydrogen) atoms. The Morgan fingerprint density at radius 3 is 2.70 bits per heavy atom. The predicted octanol–water partition coefficient (Wildman–Crippen LogP) is 3.43. The molecule has 2 aromatic carbocycles. The van der Waals surface area contributed by atoms with Crippen LogP contribution in [0.3, 0.4) is 0 Å². The Bertz CT molecular complexity index is 641. The Balaban J connectivity index is 2.31. The molecule has 6 heteroatoms. The van der Waals surface area contributed by atoms with Crippen LogP contribution < -0.4 is 16.6 Å². The number of benzene rings is 2. The Morgan fingerprint density at radius 2 is 2.05 bits per heavy atom. The summed E-state index contributed by atoms with van der Waals surface area (Å²) in [7, 11) is 0. The average molecular weight is 338 g/mol. The van der Waals surface area contributed by atoms with Crippen LogP contribution in [-0.4, -0.2) is 5.91 Å². The number of halogens is 2. The molecule has 0 radical (unpaired) electrons. The second-order valence-electron chi connectivity index (χ2n) is 4.28. The van der Waals surface area contributed by atoms with Crippen molar-refractivity contribution in [3.8, 4) is 0 Å². The van der Waals surface area contributed by atoms with E-state index in [0.717, 1.165) is 10.0 Å². The van der Waals surface area contributed by atoms with Crippen LogP contribution in [0.25, 0.3) is 0 Å². The van der Waals surface area contributed by atoms with Crippen LogP contribution in [0.5, 0.6) is 0 Å². The van der Waals surface area contributed by atoms with E-state index < -0.39 is 11.7 Å². The van der Waals surface area contributed by atoms with Crippen molar-refractivity contribution in [1.82, 2.24) is 0 Å². The van der Waals surface area contributed by atoms with Gasteiger partial charge in [-0.15, -0.1) is 0 Å². The highest BCUT2D eigenvalue weighted by atomic mass is 79.9. The average Bonchev–Trinajstić information content (AvgIpc) is 2.37. The number of carbonyl (C=O) groups is 1. The molecule has 2 aromatic rings. The summed E-state index contributed by atoms with van der Waals surface area (Å²) in [5.41, 5.74) is 3.93. The van der Waals surface area contributed by atoms with Crippen molar-refractivity contribution in [3.05, 3.63) is 57.8 Å². The molecule has 0 saturated carbocycles. The van der Waals surface area contributed by atoms with Crippen molar-refractivity contribution in [1.29, 1.82) is 0 Å². The van der Waals surface area contributed by atoms with Crippen molar-refractivity contribution in [3.63, 3.8) is 0 Å². The first-order valence-electron chi connectivity index (χ1n) is 5.85. The lowest BCUT2D eigenvalue weighted by atomic mass is 10.1. The summed E-state index contributed by atoms with van der Waals surface area (Å²) in [6.07, 6.45) is 0. The molecule has 0 spiro atoms. The van der Waals surface area contributed by atoms with Gasteiger partial charge in [0.15, 0.2) is 0 Å². The molecule has 0 bridgehead atoms. The molecule has 0 saturated heterocycles. The van der Waals surface area contributed by atoms with E-state index in [-0.39, 0.29) is 11.3 Å². The lowest BCUT2D eigenvalue weighted by Crippen LogP contribution is -2.18. The van der Waals surface area contributed by atoms with E-state index in [1.807, 2.05) is 19.1 Å². The summed E-state index contributed by atoms with van der Waals surface area (Å²) in [4.78, 5) is 12.2. The highest BCUT2D eigenvalue weighted by Gasteiger charge is 2.14. The van der Waals surface area contributed by atoms with Crippen molar-refractivity contribution in [2.24, 2.45) is 5.84 Å². The van der Waals surface area contributed by atoms with Crippen LogP contribution in [0.1, 0.15) is 15.9 Å². The topological polar surface area (TPSA) is 67.2 Å². The first-order chi connectivity index (χ1) is 9.51. The van der Waals surface area contributed by atoms with Crippen LogP contribution in [0.4, 0.5) is 15.8 Å². The highest BCUT2D eigenvalue weighted by Crippen LogP contribution is 2.22. The van der Waals surface area contributed by atoms with E-state index >= 15 is 0 Å². The fourth-order valence-electron chi connectivity index (χ4n) is 1.87.